The zero-order valence-corrected chi connectivity index (χ0v) is 13.1. The van der Waals surface area contributed by atoms with Gasteiger partial charge < -0.3 is 20.5 Å². The Bertz CT molecular complexity index is 241. The van der Waals surface area contributed by atoms with Gasteiger partial charge in [-0.25, -0.2) is 0 Å². The van der Waals surface area contributed by atoms with Crippen molar-refractivity contribution in [1.29, 1.82) is 0 Å². The molecule has 0 aromatic carbocycles. The van der Waals surface area contributed by atoms with Gasteiger partial charge in [-0.3, -0.25) is 9.69 Å². The van der Waals surface area contributed by atoms with Crippen LogP contribution in [0.2, 0.25) is 0 Å². The third-order valence-electron chi connectivity index (χ3n) is 2.71. The maximum absolute atomic E-state index is 11.6. The Hall–Kier alpha value is -0.110. The number of carbonyl (C=O) groups excluding carboxylic acids is 1. The third-order valence-corrected chi connectivity index (χ3v) is 2.71. The van der Waals surface area contributed by atoms with Crippen LogP contribution < -0.4 is 11.1 Å². The lowest BCUT2D eigenvalue weighted by molar-refractivity contribution is -0.124. The second-order valence-electron chi connectivity index (χ2n) is 4.38. The van der Waals surface area contributed by atoms with Crippen LogP contribution in [0.3, 0.4) is 0 Å². The molecule has 2 unspecified atom stereocenters. The minimum atomic E-state index is -0.591. The van der Waals surface area contributed by atoms with Crippen LogP contribution in [0.1, 0.15) is 6.92 Å². The minimum absolute atomic E-state index is 0. The van der Waals surface area contributed by atoms with Crippen molar-refractivity contribution in [3.05, 3.63) is 0 Å². The van der Waals surface area contributed by atoms with E-state index in [0.717, 1.165) is 32.8 Å². The van der Waals surface area contributed by atoms with Crippen LogP contribution in [0.5, 0.6) is 0 Å². The molecule has 1 heterocycles. The first-order valence-electron chi connectivity index (χ1n) is 5.98. The summed E-state index contributed by atoms with van der Waals surface area (Å²) in [5, 5.41) is 2.89. The van der Waals surface area contributed by atoms with Crippen LogP contribution >= 0.6 is 24.8 Å². The predicted octanol–water partition coefficient (Wildman–Crippen LogP) is -0.359. The van der Waals surface area contributed by atoms with E-state index in [1.165, 1.54) is 7.11 Å². The quantitative estimate of drug-likeness (QED) is 0.699. The molecule has 0 aromatic heterocycles. The molecule has 116 valence electrons. The molecule has 0 bridgehead atoms. The predicted molar refractivity (Wildman–Crippen MR) is 79.2 cm³/mol. The zero-order chi connectivity index (χ0) is 12.7. The van der Waals surface area contributed by atoms with Gasteiger partial charge in [-0.1, -0.05) is 0 Å². The molecule has 0 aliphatic carbocycles. The highest BCUT2D eigenvalue weighted by atomic mass is 35.5. The Morgan fingerprint density at radius 3 is 2.53 bits per heavy atom. The smallest absolute Gasteiger partial charge is 0.239 e. The van der Waals surface area contributed by atoms with E-state index in [1.807, 2.05) is 6.92 Å². The van der Waals surface area contributed by atoms with E-state index in [0.29, 0.717) is 0 Å². The fourth-order valence-corrected chi connectivity index (χ4v) is 1.82. The van der Waals surface area contributed by atoms with E-state index in [-0.39, 0.29) is 43.4 Å². The van der Waals surface area contributed by atoms with E-state index in [1.54, 1.807) is 0 Å². The molecule has 1 aliphatic heterocycles. The molecule has 1 amide bonds. The van der Waals surface area contributed by atoms with Crippen LogP contribution in [-0.2, 0) is 14.3 Å². The van der Waals surface area contributed by atoms with Gasteiger partial charge in [0.25, 0.3) is 0 Å². The van der Waals surface area contributed by atoms with Crippen molar-refractivity contribution in [1.82, 2.24) is 10.2 Å². The number of carbonyl (C=O) groups is 1. The van der Waals surface area contributed by atoms with Crippen LogP contribution in [-0.4, -0.2) is 69.5 Å². The van der Waals surface area contributed by atoms with Crippen molar-refractivity contribution in [2.24, 2.45) is 5.73 Å². The second-order valence-corrected chi connectivity index (χ2v) is 4.38. The van der Waals surface area contributed by atoms with Crippen molar-refractivity contribution < 1.29 is 14.3 Å². The van der Waals surface area contributed by atoms with Gasteiger partial charge in [0, 0.05) is 32.8 Å². The minimum Gasteiger partial charge on any atom is -0.383 e. The van der Waals surface area contributed by atoms with Crippen molar-refractivity contribution in [2.45, 2.75) is 19.0 Å². The molecule has 0 spiro atoms. The lowest BCUT2D eigenvalue weighted by Gasteiger charge is -2.29. The molecule has 0 saturated carbocycles. The standard InChI is InChI=1S/C11H23N3O3.2ClH/c1-9(7-14-3-5-17-6-4-14)13-11(15)10(12)8-16-2;;/h9-10H,3-8,12H2,1-2H3,(H,13,15);2*1H. The highest BCUT2D eigenvalue weighted by molar-refractivity contribution is 5.85. The highest BCUT2D eigenvalue weighted by Gasteiger charge is 2.18. The molecule has 8 heteroatoms. The maximum Gasteiger partial charge on any atom is 0.239 e. The summed E-state index contributed by atoms with van der Waals surface area (Å²) in [5.41, 5.74) is 5.64. The van der Waals surface area contributed by atoms with Crippen molar-refractivity contribution in [3.8, 4) is 0 Å². The average Bonchev–Trinajstić information content (AvgIpc) is 2.30. The molecule has 1 saturated heterocycles. The first-order valence-corrected chi connectivity index (χ1v) is 5.98. The van der Waals surface area contributed by atoms with Crippen LogP contribution in [0.15, 0.2) is 0 Å². The summed E-state index contributed by atoms with van der Waals surface area (Å²) in [6.45, 7) is 6.43. The molecule has 1 rings (SSSR count). The van der Waals surface area contributed by atoms with Crippen LogP contribution in [0.25, 0.3) is 0 Å². The molecular formula is C11H25Cl2N3O3. The molecule has 2 atom stereocenters. The van der Waals surface area contributed by atoms with Crippen LogP contribution in [0, 0.1) is 0 Å². The highest BCUT2D eigenvalue weighted by Crippen LogP contribution is 1.98. The Balaban J connectivity index is 0. The summed E-state index contributed by atoms with van der Waals surface area (Å²) in [7, 11) is 1.53. The van der Waals surface area contributed by atoms with Gasteiger partial charge in [0.05, 0.1) is 19.8 Å². The van der Waals surface area contributed by atoms with Crippen LogP contribution in [0.4, 0.5) is 0 Å². The number of nitrogens with two attached hydrogens (primary N) is 1. The van der Waals surface area contributed by atoms with E-state index in [4.69, 9.17) is 15.2 Å². The summed E-state index contributed by atoms with van der Waals surface area (Å²) in [6, 6.07) is -0.504. The number of nitrogens with zero attached hydrogens (tertiary/aromatic N) is 1. The summed E-state index contributed by atoms with van der Waals surface area (Å²) in [5.74, 6) is -0.160. The lowest BCUT2D eigenvalue weighted by atomic mass is 10.2. The average molecular weight is 318 g/mol. The number of hydrogen-bond acceptors (Lipinski definition) is 5. The normalized spacial score (nSPS) is 18.7. The molecular weight excluding hydrogens is 293 g/mol. The number of ether oxygens (including phenoxy) is 2. The molecule has 1 fully saturated rings. The summed E-state index contributed by atoms with van der Waals surface area (Å²) < 4.78 is 10.1. The summed E-state index contributed by atoms with van der Waals surface area (Å²) >= 11 is 0. The van der Waals surface area contributed by atoms with Gasteiger partial charge in [-0.2, -0.15) is 0 Å². The van der Waals surface area contributed by atoms with Crippen molar-refractivity contribution >= 4 is 30.7 Å². The van der Waals surface area contributed by atoms with Gasteiger partial charge in [-0.15, -0.1) is 24.8 Å². The van der Waals surface area contributed by atoms with Gasteiger partial charge in [0.1, 0.15) is 6.04 Å². The Kier molecular flexibility index (Phi) is 13.0. The molecule has 19 heavy (non-hydrogen) atoms. The summed E-state index contributed by atoms with van der Waals surface area (Å²) in [4.78, 5) is 13.9. The number of nitrogens with one attached hydrogen (secondary N) is 1. The van der Waals surface area contributed by atoms with Crippen molar-refractivity contribution in [2.75, 3.05) is 46.6 Å². The fraction of sp³-hybridized carbons (Fsp3) is 0.909. The number of hydrogen-bond donors (Lipinski definition) is 2. The van der Waals surface area contributed by atoms with Gasteiger partial charge >= 0.3 is 0 Å². The molecule has 0 aromatic rings. The topological polar surface area (TPSA) is 76.8 Å². The fourth-order valence-electron chi connectivity index (χ4n) is 1.82. The van der Waals surface area contributed by atoms with Crippen molar-refractivity contribution in [3.63, 3.8) is 0 Å². The largest absolute Gasteiger partial charge is 0.383 e. The Morgan fingerprint density at radius 1 is 1.42 bits per heavy atom. The van der Waals surface area contributed by atoms with E-state index in [2.05, 4.69) is 10.2 Å². The number of methoxy groups -OCH3 is 1. The monoisotopic (exact) mass is 317 g/mol. The molecule has 0 radical (unpaired) electrons. The lowest BCUT2D eigenvalue weighted by Crippen LogP contribution is -2.51. The SMILES string of the molecule is COCC(N)C(=O)NC(C)CN1CCOCC1.Cl.Cl. The second kappa shape index (κ2) is 11.7. The zero-order valence-electron chi connectivity index (χ0n) is 11.5. The van der Waals surface area contributed by atoms with E-state index in [9.17, 15) is 4.79 Å². The molecule has 6 nitrogen and oxygen atoms in total. The molecule has 3 N–H and O–H groups in total. The number of rotatable bonds is 6. The van der Waals surface area contributed by atoms with E-state index < -0.39 is 6.04 Å². The maximum atomic E-state index is 11.6. The Morgan fingerprint density at radius 2 is 2.00 bits per heavy atom. The van der Waals surface area contributed by atoms with Gasteiger partial charge in [-0.05, 0) is 6.92 Å². The number of morpholine rings is 1. The van der Waals surface area contributed by atoms with Gasteiger partial charge in [0.2, 0.25) is 5.91 Å². The first kappa shape index (κ1) is 21.2. The summed E-state index contributed by atoms with van der Waals surface area (Å²) in [6.07, 6.45) is 0. The van der Waals surface area contributed by atoms with Gasteiger partial charge in [0.15, 0.2) is 0 Å². The third kappa shape index (κ3) is 8.62. The first-order chi connectivity index (χ1) is 8.13. The number of halogens is 2. The number of amides is 1. The molecule has 1 aliphatic rings. The Labute approximate surface area is 127 Å². The van der Waals surface area contributed by atoms with E-state index >= 15 is 0 Å².